The second-order valence-corrected chi connectivity index (χ2v) is 4.38. The van der Waals surface area contributed by atoms with Crippen LogP contribution < -0.4 is 0 Å². The summed E-state index contributed by atoms with van der Waals surface area (Å²) in [6.45, 7) is 0.751. The van der Waals surface area contributed by atoms with Crippen LogP contribution in [-0.2, 0) is 16.0 Å². The van der Waals surface area contributed by atoms with Crippen molar-refractivity contribution in [3.05, 3.63) is 47.7 Å². The highest BCUT2D eigenvalue weighted by Crippen LogP contribution is 2.15. The normalized spacial score (nSPS) is 14.9. The standard InChI is InChI=1S/C15H18O2/c16-15(14-9-5-11-17-12-14)10-4-8-13-6-2-1-3-7-13/h1-3,6-7,12H,4-5,8-11H2. The molecule has 0 atom stereocenters. The van der Waals surface area contributed by atoms with E-state index >= 15 is 0 Å². The van der Waals surface area contributed by atoms with Crippen LogP contribution >= 0.6 is 0 Å². The van der Waals surface area contributed by atoms with E-state index in [0.717, 1.165) is 37.9 Å². The molecule has 0 fully saturated rings. The van der Waals surface area contributed by atoms with E-state index in [1.807, 2.05) is 18.2 Å². The lowest BCUT2D eigenvalue weighted by Gasteiger charge is -2.12. The van der Waals surface area contributed by atoms with Gasteiger partial charge in [-0.3, -0.25) is 4.79 Å². The zero-order chi connectivity index (χ0) is 11.9. The predicted molar refractivity (Wildman–Crippen MR) is 67.7 cm³/mol. The molecule has 0 saturated heterocycles. The smallest absolute Gasteiger partial charge is 0.161 e. The maximum atomic E-state index is 11.8. The average molecular weight is 230 g/mol. The van der Waals surface area contributed by atoms with Gasteiger partial charge in [0.25, 0.3) is 0 Å². The summed E-state index contributed by atoms with van der Waals surface area (Å²) in [6, 6.07) is 10.3. The fourth-order valence-corrected chi connectivity index (χ4v) is 2.03. The Morgan fingerprint density at radius 3 is 2.76 bits per heavy atom. The number of hydrogen-bond donors (Lipinski definition) is 0. The van der Waals surface area contributed by atoms with Crippen molar-refractivity contribution in [3.8, 4) is 0 Å². The van der Waals surface area contributed by atoms with E-state index in [4.69, 9.17) is 4.74 Å². The highest BCUT2D eigenvalue weighted by molar-refractivity contribution is 5.95. The van der Waals surface area contributed by atoms with Gasteiger partial charge < -0.3 is 4.74 Å². The summed E-state index contributed by atoms with van der Waals surface area (Å²) in [5.74, 6) is 0.251. The Morgan fingerprint density at radius 1 is 1.24 bits per heavy atom. The van der Waals surface area contributed by atoms with E-state index in [1.165, 1.54) is 5.56 Å². The molecule has 0 unspecified atom stereocenters. The molecule has 1 aromatic rings. The van der Waals surface area contributed by atoms with Crippen LogP contribution in [0, 0.1) is 0 Å². The third-order valence-electron chi connectivity index (χ3n) is 3.00. The molecule has 0 radical (unpaired) electrons. The van der Waals surface area contributed by atoms with E-state index in [0.29, 0.717) is 6.42 Å². The van der Waals surface area contributed by atoms with E-state index < -0.39 is 0 Å². The molecule has 0 amide bonds. The summed E-state index contributed by atoms with van der Waals surface area (Å²) >= 11 is 0. The van der Waals surface area contributed by atoms with Gasteiger partial charge in [-0.1, -0.05) is 30.3 Å². The minimum atomic E-state index is 0.251. The lowest BCUT2D eigenvalue weighted by molar-refractivity contribution is -0.116. The van der Waals surface area contributed by atoms with E-state index in [9.17, 15) is 4.79 Å². The summed E-state index contributed by atoms with van der Waals surface area (Å²) in [5, 5.41) is 0. The topological polar surface area (TPSA) is 26.3 Å². The Kier molecular flexibility index (Phi) is 4.37. The number of ether oxygens (including phenoxy) is 1. The molecular formula is C15H18O2. The number of benzene rings is 1. The van der Waals surface area contributed by atoms with Gasteiger partial charge in [-0.2, -0.15) is 0 Å². The zero-order valence-electron chi connectivity index (χ0n) is 10.0. The van der Waals surface area contributed by atoms with Gasteiger partial charge in [0.2, 0.25) is 0 Å². The first-order valence-electron chi connectivity index (χ1n) is 6.24. The molecule has 0 bridgehead atoms. The molecule has 0 spiro atoms. The second-order valence-electron chi connectivity index (χ2n) is 4.38. The highest BCUT2D eigenvalue weighted by Gasteiger charge is 2.12. The van der Waals surface area contributed by atoms with Crippen molar-refractivity contribution in [1.82, 2.24) is 0 Å². The van der Waals surface area contributed by atoms with Gasteiger partial charge in [-0.15, -0.1) is 0 Å². The van der Waals surface area contributed by atoms with Gasteiger partial charge >= 0.3 is 0 Å². The van der Waals surface area contributed by atoms with Crippen LogP contribution in [0.1, 0.15) is 31.2 Å². The van der Waals surface area contributed by atoms with Crippen LogP contribution in [0.5, 0.6) is 0 Å². The first-order chi connectivity index (χ1) is 8.36. The summed E-state index contributed by atoms with van der Waals surface area (Å²) in [5.41, 5.74) is 2.17. The molecule has 1 aliphatic heterocycles. The molecule has 17 heavy (non-hydrogen) atoms. The Balaban J connectivity index is 1.75. The molecular weight excluding hydrogens is 212 g/mol. The third-order valence-corrected chi connectivity index (χ3v) is 3.00. The molecule has 90 valence electrons. The van der Waals surface area contributed by atoms with Crippen LogP contribution in [0.2, 0.25) is 0 Å². The molecule has 1 aliphatic rings. The van der Waals surface area contributed by atoms with Crippen molar-refractivity contribution in [3.63, 3.8) is 0 Å². The van der Waals surface area contributed by atoms with Crippen LogP contribution in [0.25, 0.3) is 0 Å². The van der Waals surface area contributed by atoms with Crippen molar-refractivity contribution < 1.29 is 9.53 Å². The predicted octanol–water partition coefficient (Wildman–Crippen LogP) is 3.27. The highest BCUT2D eigenvalue weighted by atomic mass is 16.5. The summed E-state index contributed by atoms with van der Waals surface area (Å²) in [7, 11) is 0. The van der Waals surface area contributed by atoms with Gasteiger partial charge in [0.15, 0.2) is 5.78 Å². The van der Waals surface area contributed by atoms with Gasteiger partial charge in [-0.25, -0.2) is 0 Å². The number of allylic oxidation sites excluding steroid dienone is 1. The maximum Gasteiger partial charge on any atom is 0.161 e. The van der Waals surface area contributed by atoms with Crippen LogP contribution in [0.15, 0.2) is 42.2 Å². The lowest BCUT2D eigenvalue weighted by atomic mass is 10.00. The summed E-state index contributed by atoms with van der Waals surface area (Å²) in [6.07, 6.45) is 6.01. The van der Waals surface area contributed by atoms with Crippen LogP contribution in [-0.4, -0.2) is 12.4 Å². The molecule has 1 aromatic carbocycles. The van der Waals surface area contributed by atoms with E-state index in [1.54, 1.807) is 6.26 Å². The zero-order valence-corrected chi connectivity index (χ0v) is 10.0. The van der Waals surface area contributed by atoms with Crippen molar-refractivity contribution in [1.29, 1.82) is 0 Å². The van der Waals surface area contributed by atoms with Crippen LogP contribution in [0.4, 0.5) is 0 Å². The number of carbonyl (C=O) groups is 1. The fourth-order valence-electron chi connectivity index (χ4n) is 2.03. The molecule has 2 rings (SSSR count). The van der Waals surface area contributed by atoms with E-state index in [-0.39, 0.29) is 5.78 Å². The number of Topliss-reactive ketones (excluding diaryl/α,β-unsaturated/α-hetero) is 1. The van der Waals surface area contributed by atoms with Gasteiger partial charge in [0.1, 0.15) is 0 Å². The molecule has 2 nitrogen and oxygen atoms in total. The third kappa shape index (κ3) is 3.74. The van der Waals surface area contributed by atoms with Gasteiger partial charge in [0.05, 0.1) is 12.9 Å². The quantitative estimate of drug-likeness (QED) is 0.776. The minimum absolute atomic E-state index is 0.251. The fraction of sp³-hybridized carbons (Fsp3) is 0.400. The molecule has 0 aromatic heterocycles. The largest absolute Gasteiger partial charge is 0.501 e. The van der Waals surface area contributed by atoms with Crippen molar-refractivity contribution in [2.75, 3.05) is 6.61 Å². The lowest BCUT2D eigenvalue weighted by Crippen LogP contribution is -2.09. The minimum Gasteiger partial charge on any atom is -0.501 e. The Morgan fingerprint density at radius 2 is 2.06 bits per heavy atom. The molecule has 0 aliphatic carbocycles. The summed E-state index contributed by atoms with van der Waals surface area (Å²) < 4.78 is 5.18. The number of aryl methyl sites for hydroxylation is 1. The number of rotatable bonds is 5. The average Bonchev–Trinajstić information content (AvgIpc) is 2.41. The van der Waals surface area contributed by atoms with E-state index in [2.05, 4.69) is 12.1 Å². The first kappa shape index (κ1) is 11.9. The Hall–Kier alpha value is -1.57. The second kappa shape index (κ2) is 6.24. The number of ketones is 1. The van der Waals surface area contributed by atoms with Crippen LogP contribution in [0.3, 0.4) is 0 Å². The first-order valence-corrected chi connectivity index (χ1v) is 6.24. The number of hydrogen-bond acceptors (Lipinski definition) is 2. The molecule has 2 heteroatoms. The molecule has 1 heterocycles. The Bertz CT molecular complexity index is 393. The monoisotopic (exact) mass is 230 g/mol. The number of carbonyl (C=O) groups excluding carboxylic acids is 1. The molecule has 0 N–H and O–H groups in total. The van der Waals surface area contributed by atoms with Crippen molar-refractivity contribution in [2.24, 2.45) is 0 Å². The van der Waals surface area contributed by atoms with Crippen molar-refractivity contribution in [2.45, 2.75) is 32.1 Å². The Labute approximate surface area is 102 Å². The van der Waals surface area contributed by atoms with Crippen molar-refractivity contribution >= 4 is 5.78 Å². The maximum absolute atomic E-state index is 11.8. The SMILES string of the molecule is O=C(CCCc1ccccc1)C1=COCCC1. The van der Waals surface area contributed by atoms with Gasteiger partial charge in [0, 0.05) is 12.0 Å². The summed E-state index contributed by atoms with van der Waals surface area (Å²) in [4.78, 5) is 11.8. The van der Waals surface area contributed by atoms with Gasteiger partial charge in [-0.05, 0) is 31.2 Å². The molecule has 0 saturated carbocycles.